The lowest BCUT2D eigenvalue weighted by Gasteiger charge is -2.36. The summed E-state index contributed by atoms with van der Waals surface area (Å²) >= 11 is 5.64. The van der Waals surface area contributed by atoms with Gasteiger partial charge in [-0.25, -0.2) is 8.78 Å². The molecule has 16 heavy (non-hydrogen) atoms. The van der Waals surface area contributed by atoms with E-state index in [4.69, 9.17) is 16.7 Å². The van der Waals surface area contributed by atoms with Crippen molar-refractivity contribution in [3.05, 3.63) is 34.4 Å². The Morgan fingerprint density at radius 2 is 1.94 bits per heavy atom. The monoisotopic (exact) mass is 247 g/mol. The number of nitrogens with zero attached hydrogens (tertiary/aromatic N) is 1. The number of benzene rings is 1. The van der Waals surface area contributed by atoms with Gasteiger partial charge in [0.15, 0.2) is 11.6 Å². The van der Waals surface area contributed by atoms with Crippen LogP contribution in [0.2, 0.25) is 5.02 Å². The van der Waals surface area contributed by atoms with Crippen LogP contribution in [-0.4, -0.2) is 35.1 Å². The summed E-state index contributed by atoms with van der Waals surface area (Å²) in [7, 11) is 0. The van der Waals surface area contributed by atoms with Crippen molar-refractivity contribution >= 4 is 17.5 Å². The Bertz CT molecular complexity index is 447. The summed E-state index contributed by atoms with van der Waals surface area (Å²) < 4.78 is 25.7. The molecule has 0 atom stereocenters. The molecule has 6 heteroatoms. The van der Waals surface area contributed by atoms with Crippen LogP contribution in [0.1, 0.15) is 10.4 Å². The van der Waals surface area contributed by atoms with E-state index in [1.165, 1.54) is 4.90 Å². The van der Waals surface area contributed by atoms with Gasteiger partial charge in [0.1, 0.15) is 0 Å². The Morgan fingerprint density at radius 1 is 1.38 bits per heavy atom. The molecule has 1 N–H and O–H groups in total. The maximum absolute atomic E-state index is 12.9. The quantitative estimate of drug-likeness (QED) is 0.763. The minimum Gasteiger partial charge on any atom is -0.389 e. The number of likely N-dealkylation sites (tertiary alicyclic amines) is 1. The van der Waals surface area contributed by atoms with E-state index in [-0.39, 0.29) is 23.7 Å². The molecule has 1 saturated heterocycles. The molecule has 0 radical (unpaired) electrons. The number of rotatable bonds is 1. The Hall–Kier alpha value is -1.20. The fraction of sp³-hybridized carbons (Fsp3) is 0.300. The van der Waals surface area contributed by atoms with Crippen molar-refractivity contribution in [2.75, 3.05) is 13.1 Å². The first-order valence-corrected chi connectivity index (χ1v) is 4.98. The normalized spacial score (nSPS) is 16.1. The number of carbonyl (C=O) groups is 1. The van der Waals surface area contributed by atoms with Gasteiger partial charge in [0.2, 0.25) is 0 Å². The molecule has 0 saturated carbocycles. The maximum atomic E-state index is 12.9. The molecular weight excluding hydrogens is 240 g/mol. The molecule has 3 nitrogen and oxygen atoms in total. The lowest BCUT2D eigenvalue weighted by molar-refractivity contribution is 0.00587. The van der Waals surface area contributed by atoms with E-state index in [1.54, 1.807) is 0 Å². The molecule has 1 amide bonds. The second kappa shape index (κ2) is 3.99. The van der Waals surface area contributed by atoms with E-state index in [2.05, 4.69) is 0 Å². The van der Waals surface area contributed by atoms with Crippen LogP contribution in [0.5, 0.6) is 0 Å². The topological polar surface area (TPSA) is 40.5 Å². The molecule has 1 aliphatic heterocycles. The van der Waals surface area contributed by atoms with E-state index >= 15 is 0 Å². The zero-order chi connectivity index (χ0) is 11.9. The highest BCUT2D eigenvalue weighted by molar-refractivity contribution is 6.33. The molecule has 1 fully saturated rings. The van der Waals surface area contributed by atoms with Crippen LogP contribution in [-0.2, 0) is 0 Å². The third kappa shape index (κ3) is 1.88. The highest BCUT2D eigenvalue weighted by Crippen LogP contribution is 2.23. The molecule has 1 aromatic carbocycles. The summed E-state index contributed by atoms with van der Waals surface area (Å²) in [5, 5.41) is 8.89. The van der Waals surface area contributed by atoms with Crippen molar-refractivity contribution in [2.45, 2.75) is 6.10 Å². The van der Waals surface area contributed by atoms with Gasteiger partial charge in [-0.2, -0.15) is 0 Å². The van der Waals surface area contributed by atoms with Crippen LogP contribution >= 0.6 is 11.6 Å². The minimum atomic E-state index is -1.12. The van der Waals surface area contributed by atoms with Crippen LogP contribution in [0.3, 0.4) is 0 Å². The van der Waals surface area contributed by atoms with Crippen LogP contribution in [0.4, 0.5) is 8.78 Å². The molecule has 1 heterocycles. The summed E-state index contributed by atoms with van der Waals surface area (Å²) in [6.07, 6.45) is -0.548. The number of β-amino-alcohol motifs (C(OH)–C–C–N with tert-alkyl or cyclic N) is 1. The second-order valence-corrected chi connectivity index (χ2v) is 4.02. The van der Waals surface area contributed by atoms with E-state index in [9.17, 15) is 13.6 Å². The highest BCUT2D eigenvalue weighted by Gasteiger charge is 2.31. The number of halogens is 3. The first-order chi connectivity index (χ1) is 7.49. The van der Waals surface area contributed by atoms with Gasteiger partial charge in [-0.15, -0.1) is 0 Å². The Labute approximate surface area is 95.2 Å². The van der Waals surface area contributed by atoms with Crippen LogP contribution in [0.25, 0.3) is 0 Å². The fourth-order valence-corrected chi connectivity index (χ4v) is 1.71. The fourth-order valence-electron chi connectivity index (χ4n) is 1.48. The first-order valence-electron chi connectivity index (χ1n) is 4.61. The first kappa shape index (κ1) is 11.3. The van der Waals surface area contributed by atoms with Crippen molar-refractivity contribution in [1.82, 2.24) is 4.90 Å². The number of hydrogen-bond acceptors (Lipinski definition) is 2. The van der Waals surface area contributed by atoms with Crippen LogP contribution < -0.4 is 0 Å². The summed E-state index contributed by atoms with van der Waals surface area (Å²) in [5.74, 6) is -2.71. The van der Waals surface area contributed by atoms with E-state index in [1.807, 2.05) is 0 Å². The molecule has 0 aliphatic carbocycles. The highest BCUT2D eigenvalue weighted by atomic mass is 35.5. The number of aliphatic hydroxyl groups excluding tert-OH is 1. The minimum absolute atomic E-state index is 0.0903. The standard InChI is InChI=1S/C10H8ClF2NO2/c11-7-2-9(13)8(12)1-6(7)10(16)14-3-5(15)4-14/h1-2,5,15H,3-4H2. The molecule has 0 unspecified atom stereocenters. The predicted octanol–water partition coefficient (Wildman–Crippen LogP) is 1.43. The number of carbonyl (C=O) groups excluding carboxylic acids is 1. The molecule has 86 valence electrons. The Balaban J connectivity index is 2.27. The number of amides is 1. The van der Waals surface area contributed by atoms with Gasteiger partial charge < -0.3 is 10.0 Å². The number of aliphatic hydroxyl groups is 1. The van der Waals surface area contributed by atoms with Crippen molar-refractivity contribution in [3.8, 4) is 0 Å². The molecule has 0 aromatic heterocycles. The summed E-state index contributed by atoms with van der Waals surface area (Å²) in [4.78, 5) is 13.0. The van der Waals surface area contributed by atoms with Gasteiger partial charge in [0, 0.05) is 13.1 Å². The van der Waals surface area contributed by atoms with Crippen LogP contribution in [0, 0.1) is 11.6 Å². The Morgan fingerprint density at radius 3 is 2.50 bits per heavy atom. The third-order valence-electron chi connectivity index (χ3n) is 2.39. The van der Waals surface area contributed by atoms with Crippen LogP contribution in [0.15, 0.2) is 12.1 Å². The lowest BCUT2D eigenvalue weighted by atomic mass is 10.1. The summed E-state index contributed by atoms with van der Waals surface area (Å²) in [6.45, 7) is 0.377. The Kier molecular flexibility index (Phi) is 2.82. The molecule has 0 bridgehead atoms. The van der Waals surface area contributed by atoms with Gasteiger partial charge in [0.05, 0.1) is 16.7 Å². The lowest BCUT2D eigenvalue weighted by Crippen LogP contribution is -2.53. The van der Waals surface area contributed by atoms with Gasteiger partial charge in [-0.3, -0.25) is 4.79 Å². The average Bonchev–Trinajstić information content (AvgIpc) is 2.18. The summed E-state index contributed by atoms with van der Waals surface area (Å²) in [6, 6.07) is 1.53. The van der Waals surface area contributed by atoms with E-state index in [0.29, 0.717) is 0 Å². The van der Waals surface area contributed by atoms with Crippen molar-refractivity contribution in [1.29, 1.82) is 0 Å². The van der Waals surface area contributed by atoms with Gasteiger partial charge in [-0.1, -0.05) is 11.6 Å². The predicted molar refractivity (Wildman–Crippen MR) is 53.3 cm³/mol. The van der Waals surface area contributed by atoms with E-state index < -0.39 is 23.6 Å². The molecule has 2 rings (SSSR count). The van der Waals surface area contributed by atoms with Gasteiger partial charge in [-0.05, 0) is 12.1 Å². The molecule has 1 aliphatic rings. The van der Waals surface area contributed by atoms with Gasteiger partial charge in [0.25, 0.3) is 5.91 Å². The molecule has 1 aromatic rings. The zero-order valence-electron chi connectivity index (χ0n) is 8.08. The third-order valence-corrected chi connectivity index (χ3v) is 2.70. The average molecular weight is 248 g/mol. The van der Waals surface area contributed by atoms with E-state index in [0.717, 1.165) is 12.1 Å². The van der Waals surface area contributed by atoms with Crippen molar-refractivity contribution < 1.29 is 18.7 Å². The smallest absolute Gasteiger partial charge is 0.255 e. The van der Waals surface area contributed by atoms with Crippen molar-refractivity contribution in [3.63, 3.8) is 0 Å². The largest absolute Gasteiger partial charge is 0.389 e. The summed E-state index contributed by atoms with van der Waals surface area (Å²) in [5.41, 5.74) is -0.0903. The van der Waals surface area contributed by atoms with Gasteiger partial charge >= 0.3 is 0 Å². The second-order valence-electron chi connectivity index (χ2n) is 3.61. The number of hydrogen-bond donors (Lipinski definition) is 1. The SMILES string of the molecule is O=C(c1cc(F)c(F)cc1Cl)N1CC(O)C1. The molecular formula is C10H8ClF2NO2. The molecule has 0 spiro atoms. The van der Waals surface area contributed by atoms with Crippen molar-refractivity contribution in [2.24, 2.45) is 0 Å². The zero-order valence-corrected chi connectivity index (χ0v) is 8.84. The maximum Gasteiger partial charge on any atom is 0.255 e.